The number of halogens is 7. The van der Waals surface area contributed by atoms with Crippen LogP contribution in [0.15, 0.2) is 18.3 Å². The predicted molar refractivity (Wildman–Crippen MR) is 43.5 cm³/mol. The highest BCUT2D eigenvalue weighted by atomic mass is 19.4. The average Bonchev–Trinajstić information content (AvgIpc) is 2.14. The molecule has 0 amide bonds. The molecule has 0 atom stereocenters. The molecule has 2 nitrogen and oxygen atoms in total. The van der Waals surface area contributed by atoms with Crippen molar-refractivity contribution in [3.05, 3.63) is 24.0 Å². The zero-order valence-electron chi connectivity index (χ0n) is 7.90. The molecule has 9 heteroatoms. The molecule has 0 aliphatic carbocycles. The van der Waals surface area contributed by atoms with E-state index in [2.05, 4.69) is 4.98 Å². The van der Waals surface area contributed by atoms with Crippen molar-refractivity contribution in [3.63, 3.8) is 0 Å². The molecule has 0 fully saturated rings. The minimum absolute atomic E-state index is 0.180. The van der Waals surface area contributed by atoms with Crippen LogP contribution in [0.25, 0.3) is 0 Å². The van der Waals surface area contributed by atoms with Crippen LogP contribution in [0.4, 0.5) is 36.4 Å². The summed E-state index contributed by atoms with van der Waals surface area (Å²) in [4.78, 5) is 2.74. The van der Waals surface area contributed by atoms with Gasteiger partial charge >= 0.3 is 18.0 Å². The minimum Gasteiger partial charge on any atom is -0.397 e. The Labute approximate surface area is 90.2 Å². The van der Waals surface area contributed by atoms with E-state index in [4.69, 9.17) is 5.73 Å². The first-order chi connectivity index (χ1) is 7.50. The second-order valence-electron chi connectivity index (χ2n) is 3.13. The van der Waals surface area contributed by atoms with Gasteiger partial charge in [0.25, 0.3) is 0 Å². The van der Waals surface area contributed by atoms with Crippen molar-refractivity contribution in [1.29, 1.82) is 0 Å². The van der Waals surface area contributed by atoms with Gasteiger partial charge in [-0.15, -0.1) is 0 Å². The fourth-order valence-electron chi connectivity index (χ4n) is 1.06. The number of hydrogen-bond acceptors (Lipinski definition) is 2. The first kappa shape index (κ1) is 13.5. The van der Waals surface area contributed by atoms with Crippen LogP contribution >= 0.6 is 0 Å². The lowest BCUT2D eigenvalue weighted by Crippen LogP contribution is -2.50. The van der Waals surface area contributed by atoms with Crippen LogP contribution < -0.4 is 5.73 Å². The normalized spacial score (nSPS) is 13.8. The van der Waals surface area contributed by atoms with Crippen LogP contribution in [0.1, 0.15) is 5.69 Å². The monoisotopic (exact) mass is 262 g/mol. The van der Waals surface area contributed by atoms with Crippen LogP contribution in [0, 0.1) is 0 Å². The Morgan fingerprint density at radius 1 is 0.882 bits per heavy atom. The maximum atomic E-state index is 13.3. The molecule has 0 aliphatic heterocycles. The summed E-state index contributed by atoms with van der Waals surface area (Å²) in [6.07, 6.45) is -11.8. The van der Waals surface area contributed by atoms with E-state index in [9.17, 15) is 30.7 Å². The fraction of sp³-hybridized carbons (Fsp3) is 0.375. The second kappa shape index (κ2) is 3.74. The summed E-state index contributed by atoms with van der Waals surface area (Å²) >= 11 is 0. The number of nitrogens with zero attached hydrogens (tertiary/aromatic N) is 1. The second-order valence-corrected chi connectivity index (χ2v) is 3.13. The number of alkyl halides is 7. The number of nitrogen functional groups attached to an aromatic ring is 1. The Kier molecular flexibility index (Phi) is 2.98. The molecule has 96 valence electrons. The van der Waals surface area contributed by atoms with E-state index >= 15 is 0 Å². The van der Waals surface area contributed by atoms with Gasteiger partial charge in [-0.3, -0.25) is 4.98 Å². The molecule has 1 aromatic heterocycles. The smallest absolute Gasteiger partial charge is 0.397 e. The van der Waals surface area contributed by atoms with E-state index in [-0.39, 0.29) is 11.8 Å². The number of pyridine rings is 1. The average molecular weight is 262 g/mol. The molecule has 0 saturated heterocycles. The molecule has 0 bridgehead atoms. The molecule has 0 saturated carbocycles. The summed E-state index contributed by atoms with van der Waals surface area (Å²) in [6.45, 7) is 0. The van der Waals surface area contributed by atoms with Crippen molar-refractivity contribution >= 4 is 5.69 Å². The standard InChI is InChI=1S/C8H5F7N2/c9-6(7(10,11)12,8(13,14)15)5-2-1-4(16)3-17-5/h1-3H,16H2. The predicted octanol–water partition coefficient (Wildman–Crippen LogP) is 2.95. The molecule has 1 rings (SSSR count). The van der Waals surface area contributed by atoms with E-state index in [1.165, 1.54) is 0 Å². The van der Waals surface area contributed by atoms with E-state index in [0.717, 1.165) is 0 Å². The Hall–Kier alpha value is -1.54. The molecule has 17 heavy (non-hydrogen) atoms. The van der Waals surface area contributed by atoms with Crippen LogP contribution in [0.3, 0.4) is 0 Å². The number of anilines is 1. The third kappa shape index (κ3) is 2.13. The minimum atomic E-state index is -6.16. The first-order valence-corrected chi connectivity index (χ1v) is 4.04. The van der Waals surface area contributed by atoms with Crippen LogP contribution in [0.2, 0.25) is 0 Å². The number of rotatable bonds is 1. The first-order valence-electron chi connectivity index (χ1n) is 4.04. The van der Waals surface area contributed by atoms with Crippen molar-refractivity contribution in [3.8, 4) is 0 Å². The third-order valence-corrected chi connectivity index (χ3v) is 1.92. The van der Waals surface area contributed by atoms with Crippen molar-refractivity contribution in [2.24, 2.45) is 0 Å². The summed E-state index contributed by atoms with van der Waals surface area (Å²) in [6, 6.07) is 0.949. The molecule has 0 aromatic carbocycles. The van der Waals surface area contributed by atoms with Gasteiger partial charge in [-0.1, -0.05) is 0 Å². The topological polar surface area (TPSA) is 38.9 Å². The van der Waals surface area contributed by atoms with Crippen molar-refractivity contribution in [1.82, 2.24) is 4.98 Å². The van der Waals surface area contributed by atoms with Crippen molar-refractivity contribution in [2.75, 3.05) is 5.73 Å². The molecule has 1 aromatic rings. The molecule has 0 spiro atoms. The maximum Gasteiger partial charge on any atom is 0.437 e. The quantitative estimate of drug-likeness (QED) is 0.790. The third-order valence-electron chi connectivity index (χ3n) is 1.92. The lowest BCUT2D eigenvalue weighted by Gasteiger charge is -2.29. The van der Waals surface area contributed by atoms with Gasteiger partial charge in [-0.05, 0) is 12.1 Å². The number of hydrogen-bond donors (Lipinski definition) is 1. The lowest BCUT2D eigenvalue weighted by atomic mass is 9.99. The number of nitrogens with two attached hydrogens (primary N) is 1. The molecule has 0 unspecified atom stereocenters. The van der Waals surface area contributed by atoms with Gasteiger partial charge in [-0.2, -0.15) is 26.3 Å². The van der Waals surface area contributed by atoms with E-state index in [0.29, 0.717) is 12.3 Å². The van der Waals surface area contributed by atoms with Gasteiger partial charge in [0, 0.05) is 0 Å². The Balaban J connectivity index is 3.41. The van der Waals surface area contributed by atoms with E-state index < -0.39 is 23.7 Å². The molecule has 0 radical (unpaired) electrons. The van der Waals surface area contributed by atoms with Crippen LogP contribution in [-0.2, 0) is 5.67 Å². The van der Waals surface area contributed by atoms with Gasteiger partial charge in [0.05, 0.1) is 17.6 Å². The van der Waals surface area contributed by atoms with E-state index in [1.54, 1.807) is 0 Å². The molecule has 2 N–H and O–H groups in total. The van der Waals surface area contributed by atoms with Gasteiger partial charge in [0.2, 0.25) is 0 Å². The van der Waals surface area contributed by atoms with E-state index in [1.807, 2.05) is 0 Å². The summed E-state index contributed by atoms with van der Waals surface area (Å²) in [5.41, 5.74) is -2.45. The summed E-state index contributed by atoms with van der Waals surface area (Å²) in [5, 5.41) is 0. The zero-order chi connectivity index (χ0) is 13.5. The Morgan fingerprint density at radius 2 is 1.35 bits per heavy atom. The Morgan fingerprint density at radius 3 is 1.65 bits per heavy atom. The molecule has 1 heterocycles. The van der Waals surface area contributed by atoms with Crippen LogP contribution in [0.5, 0.6) is 0 Å². The Bertz CT molecular complexity index is 378. The van der Waals surface area contributed by atoms with Crippen molar-refractivity contribution in [2.45, 2.75) is 18.0 Å². The molecule has 0 aliphatic rings. The SMILES string of the molecule is Nc1ccc(C(F)(C(F)(F)F)C(F)(F)F)nc1. The van der Waals surface area contributed by atoms with Crippen LogP contribution in [-0.4, -0.2) is 17.3 Å². The van der Waals surface area contributed by atoms with Crippen molar-refractivity contribution < 1.29 is 30.7 Å². The summed E-state index contributed by atoms with van der Waals surface area (Å²) < 4.78 is 86.6. The highest BCUT2D eigenvalue weighted by Crippen LogP contribution is 2.52. The van der Waals surface area contributed by atoms with Gasteiger partial charge in [0.15, 0.2) is 0 Å². The van der Waals surface area contributed by atoms with Gasteiger partial charge in [0.1, 0.15) is 0 Å². The molecular weight excluding hydrogens is 257 g/mol. The maximum absolute atomic E-state index is 13.3. The lowest BCUT2D eigenvalue weighted by molar-refractivity contribution is -0.350. The summed E-state index contributed by atoms with van der Waals surface area (Å²) in [5.74, 6) is 0. The fourth-order valence-corrected chi connectivity index (χ4v) is 1.06. The highest BCUT2D eigenvalue weighted by Gasteiger charge is 2.74. The summed E-state index contributed by atoms with van der Waals surface area (Å²) in [7, 11) is 0. The van der Waals surface area contributed by atoms with Gasteiger partial charge in [-0.25, -0.2) is 4.39 Å². The largest absolute Gasteiger partial charge is 0.437 e. The molecular formula is C8H5F7N2. The van der Waals surface area contributed by atoms with Gasteiger partial charge < -0.3 is 5.73 Å². The zero-order valence-corrected chi connectivity index (χ0v) is 7.90. The highest BCUT2D eigenvalue weighted by molar-refractivity contribution is 5.36. The number of aromatic nitrogens is 1.